The highest BCUT2D eigenvalue weighted by Gasteiger charge is 2.30. The van der Waals surface area contributed by atoms with Gasteiger partial charge in [0, 0.05) is 4.47 Å². The van der Waals surface area contributed by atoms with Gasteiger partial charge >= 0.3 is 0 Å². The maximum Gasteiger partial charge on any atom is 0.180 e. The highest BCUT2D eigenvalue weighted by Crippen LogP contribution is 2.34. The standard InChI is InChI=1S/C10H10BrClO2S/c11-8-3-4-10(9(12)5-8)15(13,14)6-7-1-2-7/h3-5,7H,1-2,6H2. The van der Waals surface area contributed by atoms with Crippen molar-refractivity contribution in [3.8, 4) is 0 Å². The van der Waals surface area contributed by atoms with E-state index < -0.39 is 9.84 Å². The number of sulfone groups is 1. The Labute approximate surface area is 103 Å². The molecule has 0 aromatic heterocycles. The summed E-state index contributed by atoms with van der Waals surface area (Å²) in [6.07, 6.45) is 2.04. The number of hydrogen-bond donors (Lipinski definition) is 0. The number of rotatable bonds is 3. The van der Waals surface area contributed by atoms with Gasteiger partial charge in [-0.3, -0.25) is 0 Å². The van der Waals surface area contributed by atoms with E-state index in [2.05, 4.69) is 15.9 Å². The zero-order valence-corrected chi connectivity index (χ0v) is 11.1. The Bertz CT molecular complexity index is 480. The van der Waals surface area contributed by atoms with Crippen LogP contribution in [0.1, 0.15) is 12.8 Å². The van der Waals surface area contributed by atoms with Crippen molar-refractivity contribution in [3.05, 3.63) is 27.7 Å². The minimum atomic E-state index is -3.20. The predicted molar refractivity (Wildman–Crippen MR) is 63.9 cm³/mol. The van der Waals surface area contributed by atoms with Crippen molar-refractivity contribution in [1.29, 1.82) is 0 Å². The van der Waals surface area contributed by atoms with Gasteiger partial charge in [0.25, 0.3) is 0 Å². The minimum absolute atomic E-state index is 0.231. The average molecular weight is 310 g/mol. The van der Waals surface area contributed by atoms with Crippen LogP contribution in [0.4, 0.5) is 0 Å². The van der Waals surface area contributed by atoms with E-state index in [9.17, 15) is 8.42 Å². The summed E-state index contributed by atoms with van der Waals surface area (Å²) in [6.45, 7) is 0. The van der Waals surface area contributed by atoms with Crippen LogP contribution >= 0.6 is 27.5 Å². The monoisotopic (exact) mass is 308 g/mol. The minimum Gasteiger partial charge on any atom is -0.224 e. The third-order valence-corrected chi connectivity index (χ3v) is 5.24. The fourth-order valence-corrected chi connectivity index (χ4v) is 4.20. The van der Waals surface area contributed by atoms with Crippen molar-refractivity contribution in [2.24, 2.45) is 5.92 Å². The molecule has 0 N–H and O–H groups in total. The fourth-order valence-electron chi connectivity index (χ4n) is 1.41. The smallest absolute Gasteiger partial charge is 0.180 e. The van der Waals surface area contributed by atoms with Crippen LogP contribution in [0.15, 0.2) is 27.6 Å². The molecule has 0 unspecified atom stereocenters. The second-order valence-electron chi connectivity index (χ2n) is 3.80. The first-order valence-electron chi connectivity index (χ1n) is 4.67. The molecule has 2 nitrogen and oxygen atoms in total. The van der Waals surface area contributed by atoms with Gasteiger partial charge in [0.1, 0.15) is 0 Å². The van der Waals surface area contributed by atoms with Crippen LogP contribution in [-0.4, -0.2) is 14.2 Å². The Hall–Kier alpha value is -0.0600. The number of hydrogen-bond acceptors (Lipinski definition) is 2. The first kappa shape index (κ1) is 11.4. The largest absolute Gasteiger partial charge is 0.224 e. The second-order valence-corrected chi connectivity index (χ2v) is 7.13. The molecule has 2 rings (SSSR count). The van der Waals surface area contributed by atoms with E-state index in [0.29, 0.717) is 10.9 Å². The average Bonchev–Trinajstić information content (AvgIpc) is 2.86. The Morgan fingerprint density at radius 1 is 1.40 bits per heavy atom. The molecule has 1 aromatic rings. The summed E-state index contributed by atoms with van der Waals surface area (Å²) in [5.74, 6) is 0.573. The summed E-state index contributed by atoms with van der Waals surface area (Å²) < 4.78 is 24.6. The van der Waals surface area contributed by atoms with E-state index in [4.69, 9.17) is 11.6 Å². The highest BCUT2D eigenvalue weighted by atomic mass is 79.9. The first-order chi connectivity index (χ1) is 6.99. The van der Waals surface area contributed by atoms with Gasteiger partial charge in [0.05, 0.1) is 15.7 Å². The van der Waals surface area contributed by atoms with E-state index in [-0.39, 0.29) is 10.6 Å². The second kappa shape index (κ2) is 4.07. The number of halogens is 2. The van der Waals surface area contributed by atoms with Crippen molar-refractivity contribution in [1.82, 2.24) is 0 Å². The lowest BCUT2D eigenvalue weighted by atomic mass is 10.4. The quantitative estimate of drug-likeness (QED) is 0.858. The van der Waals surface area contributed by atoms with Crippen LogP contribution < -0.4 is 0 Å². The summed E-state index contributed by atoms with van der Waals surface area (Å²) in [7, 11) is -3.20. The lowest BCUT2D eigenvalue weighted by Gasteiger charge is -2.05. The highest BCUT2D eigenvalue weighted by molar-refractivity contribution is 9.10. The maximum atomic E-state index is 11.9. The molecule has 82 valence electrons. The lowest BCUT2D eigenvalue weighted by molar-refractivity contribution is 0.592. The van der Waals surface area contributed by atoms with Crippen molar-refractivity contribution in [2.75, 3.05) is 5.75 Å². The molecular formula is C10H10BrClO2S. The van der Waals surface area contributed by atoms with Crippen LogP contribution in [0.3, 0.4) is 0 Å². The molecule has 1 fully saturated rings. The van der Waals surface area contributed by atoms with Crippen LogP contribution in [0.5, 0.6) is 0 Å². The van der Waals surface area contributed by atoms with E-state index >= 15 is 0 Å². The summed E-state index contributed by atoms with van der Waals surface area (Å²) in [5.41, 5.74) is 0. The van der Waals surface area contributed by atoms with E-state index in [1.165, 1.54) is 0 Å². The Balaban J connectivity index is 2.34. The molecule has 1 aliphatic carbocycles. The van der Waals surface area contributed by atoms with Gasteiger partial charge in [-0.05, 0) is 37.0 Å². The molecule has 0 bridgehead atoms. The summed E-state index contributed by atoms with van der Waals surface area (Å²) in [4.78, 5) is 0.249. The molecule has 1 aromatic carbocycles. The summed E-state index contributed by atoms with van der Waals surface area (Å²) in [5, 5.41) is 0.296. The van der Waals surface area contributed by atoms with Gasteiger partial charge < -0.3 is 0 Å². The molecule has 0 spiro atoms. The van der Waals surface area contributed by atoms with Gasteiger partial charge in [0.15, 0.2) is 9.84 Å². The summed E-state index contributed by atoms with van der Waals surface area (Å²) in [6, 6.07) is 4.87. The maximum absolute atomic E-state index is 11.9. The van der Waals surface area contributed by atoms with Crippen LogP contribution in [0.25, 0.3) is 0 Å². The third kappa shape index (κ3) is 2.74. The third-order valence-electron chi connectivity index (χ3n) is 2.38. The molecule has 0 saturated heterocycles. The van der Waals surface area contributed by atoms with Gasteiger partial charge in [-0.1, -0.05) is 27.5 Å². The lowest BCUT2D eigenvalue weighted by Crippen LogP contribution is -2.08. The molecule has 1 aliphatic rings. The van der Waals surface area contributed by atoms with Gasteiger partial charge in [-0.25, -0.2) is 8.42 Å². The Kier molecular flexibility index (Phi) is 3.10. The van der Waals surface area contributed by atoms with E-state index in [1.54, 1.807) is 18.2 Å². The SMILES string of the molecule is O=S(=O)(CC1CC1)c1ccc(Br)cc1Cl. The zero-order chi connectivity index (χ0) is 11.1. The van der Waals surface area contributed by atoms with Gasteiger partial charge in [-0.15, -0.1) is 0 Å². The van der Waals surface area contributed by atoms with Gasteiger partial charge in [0.2, 0.25) is 0 Å². The molecule has 0 radical (unpaired) electrons. The summed E-state index contributed by atoms with van der Waals surface area (Å²) >= 11 is 9.16. The van der Waals surface area contributed by atoms with E-state index in [0.717, 1.165) is 17.3 Å². The van der Waals surface area contributed by atoms with Crippen molar-refractivity contribution in [3.63, 3.8) is 0 Å². The predicted octanol–water partition coefficient (Wildman–Crippen LogP) is 3.29. The molecule has 0 heterocycles. The first-order valence-corrected chi connectivity index (χ1v) is 7.49. The molecule has 5 heteroatoms. The Morgan fingerprint density at radius 3 is 2.60 bits per heavy atom. The van der Waals surface area contributed by atoms with Crippen molar-refractivity contribution < 1.29 is 8.42 Å². The molecule has 0 atom stereocenters. The fraction of sp³-hybridized carbons (Fsp3) is 0.400. The topological polar surface area (TPSA) is 34.1 Å². The molecule has 0 aliphatic heterocycles. The molecular weight excluding hydrogens is 300 g/mol. The van der Waals surface area contributed by atoms with Crippen molar-refractivity contribution >= 4 is 37.4 Å². The number of benzene rings is 1. The van der Waals surface area contributed by atoms with Crippen LogP contribution in [0.2, 0.25) is 5.02 Å². The van der Waals surface area contributed by atoms with Crippen LogP contribution in [0, 0.1) is 5.92 Å². The Morgan fingerprint density at radius 2 is 2.07 bits per heavy atom. The van der Waals surface area contributed by atoms with Crippen LogP contribution in [-0.2, 0) is 9.84 Å². The molecule has 1 saturated carbocycles. The van der Waals surface area contributed by atoms with Crippen molar-refractivity contribution in [2.45, 2.75) is 17.7 Å². The molecule has 15 heavy (non-hydrogen) atoms. The zero-order valence-electron chi connectivity index (χ0n) is 7.91. The normalized spacial score (nSPS) is 16.7. The molecule has 0 amide bonds. The van der Waals surface area contributed by atoms with Gasteiger partial charge in [-0.2, -0.15) is 0 Å². The van der Waals surface area contributed by atoms with E-state index in [1.807, 2.05) is 0 Å².